The molecule has 1 fully saturated rings. The molecule has 0 unspecified atom stereocenters. The standard InChI is InChI=1S/C12H20N2.C5H10/c1-10-9-11(2)14(13-10)12(3)7-5-4-6-8-12;1-4-5(2)3/h9H,4-8H2,1-3H3;4-5H,1H2,2-3H3. The van der Waals surface area contributed by atoms with Gasteiger partial charge in [-0.25, -0.2) is 0 Å². The summed E-state index contributed by atoms with van der Waals surface area (Å²) in [5, 5.41) is 4.62. The topological polar surface area (TPSA) is 17.8 Å². The Labute approximate surface area is 118 Å². The summed E-state index contributed by atoms with van der Waals surface area (Å²) in [6.45, 7) is 14.4. The van der Waals surface area contributed by atoms with Crippen molar-refractivity contribution in [3.05, 3.63) is 30.1 Å². The van der Waals surface area contributed by atoms with Crippen molar-refractivity contribution in [2.45, 2.75) is 72.3 Å². The van der Waals surface area contributed by atoms with E-state index in [1.807, 2.05) is 6.08 Å². The normalized spacial score (nSPS) is 17.8. The minimum atomic E-state index is 0.288. The molecule has 19 heavy (non-hydrogen) atoms. The lowest BCUT2D eigenvalue weighted by atomic mass is 9.83. The lowest BCUT2D eigenvalue weighted by Gasteiger charge is -2.35. The zero-order chi connectivity index (χ0) is 14.5. The minimum Gasteiger partial charge on any atom is -0.264 e. The van der Waals surface area contributed by atoms with E-state index in [0.29, 0.717) is 5.92 Å². The smallest absolute Gasteiger partial charge is 0.0602 e. The predicted octanol–water partition coefficient (Wildman–Crippen LogP) is 5.01. The maximum atomic E-state index is 4.62. The van der Waals surface area contributed by atoms with Gasteiger partial charge in [0.05, 0.1) is 11.2 Å². The van der Waals surface area contributed by atoms with Crippen molar-refractivity contribution in [1.82, 2.24) is 9.78 Å². The summed E-state index contributed by atoms with van der Waals surface area (Å²) in [5.74, 6) is 0.648. The molecule has 0 atom stereocenters. The van der Waals surface area contributed by atoms with Crippen LogP contribution >= 0.6 is 0 Å². The molecule has 2 heteroatoms. The van der Waals surface area contributed by atoms with Crippen LogP contribution in [0.15, 0.2) is 18.7 Å². The Bertz CT molecular complexity index is 395. The van der Waals surface area contributed by atoms with Gasteiger partial charge in [0, 0.05) is 5.69 Å². The van der Waals surface area contributed by atoms with Crippen LogP contribution in [0.4, 0.5) is 0 Å². The SMILES string of the molecule is C=CC(C)C.Cc1cc(C)n(C2(C)CCCCC2)n1. The molecule has 1 saturated carbocycles. The van der Waals surface area contributed by atoms with Gasteiger partial charge in [0.15, 0.2) is 0 Å². The van der Waals surface area contributed by atoms with Crippen molar-refractivity contribution in [1.29, 1.82) is 0 Å². The largest absolute Gasteiger partial charge is 0.264 e. The molecule has 1 aromatic rings. The van der Waals surface area contributed by atoms with Gasteiger partial charge in [-0.2, -0.15) is 5.10 Å². The summed E-state index contributed by atoms with van der Waals surface area (Å²) in [4.78, 5) is 0. The Kier molecular flexibility index (Phi) is 5.84. The molecule has 1 aliphatic rings. The minimum absolute atomic E-state index is 0.288. The van der Waals surface area contributed by atoms with Gasteiger partial charge in [0.25, 0.3) is 0 Å². The van der Waals surface area contributed by atoms with E-state index in [1.54, 1.807) is 0 Å². The molecule has 2 nitrogen and oxygen atoms in total. The lowest BCUT2D eigenvalue weighted by molar-refractivity contribution is 0.194. The van der Waals surface area contributed by atoms with Gasteiger partial charge < -0.3 is 0 Å². The number of aryl methyl sites for hydroxylation is 2. The van der Waals surface area contributed by atoms with Crippen molar-refractivity contribution >= 4 is 0 Å². The van der Waals surface area contributed by atoms with Gasteiger partial charge in [-0.3, -0.25) is 4.68 Å². The van der Waals surface area contributed by atoms with E-state index in [9.17, 15) is 0 Å². The number of nitrogens with zero attached hydrogens (tertiary/aromatic N) is 2. The van der Waals surface area contributed by atoms with Crippen LogP contribution < -0.4 is 0 Å². The Morgan fingerprint density at radius 2 is 1.79 bits per heavy atom. The second-order valence-electron chi connectivity index (χ2n) is 6.38. The van der Waals surface area contributed by atoms with Crippen LogP contribution in [0.2, 0.25) is 0 Å². The Balaban J connectivity index is 0.000000312. The van der Waals surface area contributed by atoms with Gasteiger partial charge in [-0.1, -0.05) is 39.2 Å². The molecule has 1 aromatic heterocycles. The highest BCUT2D eigenvalue weighted by atomic mass is 15.3. The van der Waals surface area contributed by atoms with Crippen LogP contribution in [-0.4, -0.2) is 9.78 Å². The number of rotatable bonds is 2. The summed E-state index contributed by atoms with van der Waals surface area (Å²) in [7, 11) is 0. The second kappa shape index (κ2) is 6.93. The van der Waals surface area contributed by atoms with Crippen LogP contribution in [-0.2, 0) is 5.54 Å². The van der Waals surface area contributed by atoms with E-state index >= 15 is 0 Å². The molecule has 0 saturated heterocycles. The van der Waals surface area contributed by atoms with E-state index in [2.05, 4.69) is 57.0 Å². The summed E-state index contributed by atoms with van der Waals surface area (Å²) >= 11 is 0. The zero-order valence-corrected chi connectivity index (χ0v) is 13.4. The predicted molar refractivity (Wildman–Crippen MR) is 83.5 cm³/mol. The van der Waals surface area contributed by atoms with Crippen molar-refractivity contribution in [3.8, 4) is 0 Å². The summed E-state index contributed by atoms with van der Waals surface area (Å²) < 4.78 is 2.25. The van der Waals surface area contributed by atoms with Crippen molar-refractivity contribution in [2.75, 3.05) is 0 Å². The second-order valence-corrected chi connectivity index (χ2v) is 6.38. The number of allylic oxidation sites excluding steroid dienone is 1. The molecular formula is C17H30N2. The molecule has 1 heterocycles. The van der Waals surface area contributed by atoms with E-state index in [4.69, 9.17) is 0 Å². The fourth-order valence-corrected chi connectivity index (χ4v) is 2.70. The van der Waals surface area contributed by atoms with Crippen molar-refractivity contribution in [3.63, 3.8) is 0 Å². The first kappa shape index (κ1) is 16.0. The Hall–Kier alpha value is -1.05. The molecule has 0 bridgehead atoms. The summed E-state index contributed by atoms with van der Waals surface area (Å²) in [6, 6.07) is 2.18. The van der Waals surface area contributed by atoms with Gasteiger partial charge in [-0.05, 0) is 45.6 Å². The van der Waals surface area contributed by atoms with E-state index in [0.717, 1.165) is 5.69 Å². The molecule has 2 rings (SSSR count). The van der Waals surface area contributed by atoms with Crippen LogP contribution in [0.3, 0.4) is 0 Å². The van der Waals surface area contributed by atoms with E-state index in [1.165, 1.54) is 37.8 Å². The highest BCUT2D eigenvalue weighted by molar-refractivity contribution is 5.09. The fraction of sp³-hybridized carbons (Fsp3) is 0.706. The quantitative estimate of drug-likeness (QED) is 0.685. The van der Waals surface area contributed by atoms with E-state index in [-0.39, 0.29) is 5.54 Å². The lowest BCUT2D eigenvalue weighted by Crippen LogP contribution is -2.34. The monoisotopic (exact) mass is 262 g/mol. The Morgan fingerprint density at radius 3 is 2.16 bits per heavy atom. The average molecular weight is 262 g/mol. The van der Waals surface area contributed by atoms with Gasteiger partial charge >= 0.3 is 0 Å². The highest BCUT2D eigenvalue weighted by Crippen LogP contribution is 2.34. The van der Waals surface area contributed by atoms with Gasteiger partial charge in [0.2, 0.25) is 0 Å². The third-order valence-corrected chi connectivity index (χ3v) is 3.92. The number of hydrogen-bond acceptors (Lipinski definition) is 1. The summed E-state index contributed by atoms with van der Waals surface area (Å²) in [5.41, 5.74) is 2.75. The molecule has 0 aromatic carbocycles. The first-order chi connectivity index (χ1) is 8.89. The fourth-order valence-electron chi connectivity index (χ4n) is 2.70. The maximum Gasteiger partial charge on any atom is 0.0602 e. The molecule has 0 spiro atoms. The van der Waals surface area contributed by atoms with Gasteiger partial charge in [-0.15, -0.1) is 6.58 Å². The molecule has 0 amide bonds. The van der Waals surface area contributed by atoms with Crippen LogP contribution in [0, 0.1) is 19.8 Å². The van der Waals surface area contributed by atoms with E-state index < -0.39 is 0 Å². The molecule has 0 aliphatic heterocycles. The Morgan fingerprint density at radius 1 is 1.26 bits per heavy atom. The zero-order valence-electron chi connectivity index (χ0n) is 13.4. The first-order valence-electron chi connectivity index (χ1n) is 7.55. The number of aromatic nitrogens is 2. The average Bonchev–Trinajstić information content (AvgIpc) is 2.71. The van der Waals surface area contributed by atoms with Gasteiger partial charge in [0.1, 0.15) is 0 Å². The third-order valence-electron chi connectivity index (χ3n) is 3.92. The maximum absolute atomic E-state index is 4.62. The molecule has 108 valence electrons. The molecular weight excluding hydrogens is 232 g/mol. The van der Waals surface area contributed by atoms with Crippen LogP contribution in [0.25, 0.3) is 0 Å². The van der Waals surface area contributed by atoms with Crippen LogP contribution in [0.1, 0.15) is 64.3 Å². The molecule has 0 N–H and O–H groups in total. The molecule has 0 radical (unpaired) electrons. The van der Waals surface area contributed by atoms with Crippen molar-refractivity contribution in [2.24, 2.45) is 5.92 Å². The third kappa shape index (κ3) is 4.52. The highest BCUT2D eigenvalue weighted by Gasteiger charge is 2.30. The van der Waals surface area contributed by atoms with Crippen LogP contribution in [0.5, 0.6) is 0 Å². The summed E-state index contributed by atoms with van der Waals surface area (Å²) in [6.07, 6.45) is 8.60. The molecule has 1 aliphatic carbocycles. The van der Waals surface area contributed by atoms with Crippen molar-refractivity contribution < 1.29 is 0 Å². The first-order valence-corrected chi connectivity index (χ1v) is 7.55. The number of hydrogen-bond donors (Lipinski definition) is 0.